The van der Waals surface area contributed by atoms with Crippen molar-refractivity contribution in [1.29, 1.82) is 0 Å². The molecule has 1 aliphatic heterocycles. The number of nitrogens with two attached hydrogens (primary N) is 1. The summed E-state index contributed by atoms with van der Waals surface area (Å²) in [5.41, 5.74) is 7.05. The minimum absolute atomic E-state index is 0.0899. The number of aliphatic hydroxyl groups excluding tert-OH is 1. The molecule has 1 atom stereocenters. The summed E-state index contributed by atoms with van der Waals surface area (Å²) in [5.74, 6) is 1.39. The number of guanidine groups is 1. The van der Waals surface area contributed by atoms with Crippen LogP contribution in [-0.4, -0.2) is 59.4 Å². The number of rotatable bonds is 8. The number of benzene rings is 1. The number of ether oxygens (including phenoxy) is 1. The second kappa shape index (κ2) is 10.8. The van der Waals surface area contributed by atoms with Gasteiger partial charge in [0, 0.05) is 24.7 Å². The number of hydrogen-bond donors (Lipinski definition) is 4. The Morgan fingerprint density at radius 2 is 2.14 bits per heavy atom. The van der Waals surface area contributed by atoms with Gasteiger partial charge < -0.3 is 31.0 Å². The van der Waals surface area contributed by atoms with Gasteiger partial charge in [-0.3, -0.25) is 4.79 Å². The molecule has 5 N–H and O–H groups in total. The molecular weight excluding hydrogens is 360 g/mol. The highest BCUT2D eigenvalue weighted by atomic mass is 16.5. The second-order valence-corrected chi connectivity index (χ2v) is 7.41. The summed E-state index contributed by atoms with van der Waals surface area (Å²) in [6.07, 6.45) is 4.11. The predicted molar refractivity (Wildman–Crippen MR) is 108 cm³/mol. The van der Waals surface area contributed by atoms with Crippen molar-refractivity contribution >= 4 is 11.9 Å². The smallest absolute Gasteiger partial charge is 0.251 e. The van der Waals surface area contributed by atoms with Gasteiger partial charge in [0.05, 0.1) is 13.2 Å². The summed E-state index contributed by atoms with van der Waals surface area (Å²) in [6, 6.07) is 5.16. The molecule has 2 rings (SSSR count). The topological polar surface area (TPSA) is 120 Å². The molecular formula is C20H32N4O4. The first-order chi connectivity index (χ1) is 13.4. The number of amides is 1. The van der Waals surface area contributed by atoms with Crippen LogP contribution in [0.4, 0.5) is 0 Å². The van der Waals surface area contributed by atoms with Crippen LogP contribution in [0.1, 0.15) is 48.5 Å². The van der Waals surface area contributed by atoms with Crippen molar-refractivity contribution in [2.75, 3.05) is 26.3 Å². The van der Waals surface area contributed by atoms with Gasteiger partial charge in [0.25, 0.3) is 5.91 Å². The van der Waals surface area contributed by atoms with E-state index in [0.29, 0.717) is 18.1 Å². The Kier molecular flexibility index (Phi) is 8.38. The first kappa shape index (κ1) is 21.8. The standard InChI is InChI=1S/C20H32N4O4/c1-14-12-17(5-6-18(14)19(26)22-15(2)13-25)28-11-3-4-16-7-9-24(10-8-16)20(21)23-27/h5-6,12,15-16,25,27H,3-4,7-11,13H2,1-2H3,(H2,21,23)(H,22,26). The van der Waals surface area contributed by atoms with Crippen LogP contribution in [0.25, 0.3) is 0 Å². The molecule has 1 amide bonds. The van der Waals surface area contributed by atoms with Crippen LogP contribution in [-0.2, 0) is 0 Å². The number of likely N-dealkylation sites (tertiary alicyclic amines) is 1. The van der Waals surface area contributed by atoms with Crippen LogP contribution in [0.2, 0.25) is 0 Å². The second-order valence-electron chi connectivity index (χ2n) is 7.41. The highest BCUT2D eigenvalue weighted by molar-refractivity contribution is 5.95. The fourth-order valence-electron chi connectivity index (χ4n) is 3.40. The average Bonchev–Trinajstić information content (AvgIpc) is 2.70. The van der Waals surface area contributed by atoms with Gasteiger partial charge in [-0.25, -0.2) is 0 Å². The van der Waals surface area contributed by atoms with E-state index < -0.39 is 0 Å². The fourth-order valence-corrected chi connectivity index (χ4v) is 3.40. The SMILES string of the molecule is Cc1cc(OCCCC2CCN(C(N)=NO)CC2)ccc1C(=O)NC(C)CO. The largest absolute Gasteiger partial charge is 0.494 e. The number of nitrogens with one attached hydrogen (secondary N) is 1. The minimum Gasteiger partial charge on any atom is -0.494 e. The van der Waals surface area contributed by atoms with Crippen LogP contribution in [0.5, 0.6) is 5.75 Å². The van der Waals surface area contributed by atoms with E-state index in [2.05, 4.69) is 10.5 Å². The van der Waals surface area contributed by atoms with Gasteiger partial charge in [-0.05, 0) is 69.2 Å². The molecule has 8 heteroatoms. The van der Waals surface area contributed by atoms with Crippen molar-refractivity contribution in [3.8, 4) is 5.75 Å². The summed E-state index contributed by atoms with van der Waals surface area (Å²) in [5, 5.41) is 23.6. The summed E-state index contributed by atoms with van der Waals surface area (Å²) >= 11 is 0. The molecule has 1 aromatic carbocycles. The number of oxime groups is 1. The molecule has 156 valence electrons. The van der Waals surface area contributed by atoms with Crippen molar-refractivity contribution in [2.24, 2.45) is 16.8 Å². The highest BCUT2D eigenvalue weighted by Gasteiger charge is 2.20. The minimum atomic E-state index is -0.276. The van der Waals surface area contributed by atoms with Crippen LogP contribution in [0, 0.1) is 12.8 Å². The third-order valence-electron chi connectivity index (χ3n) is 5.16. The van der Waals surface area contributed by atoms with Crippen molar-refractivity contribution < 1.29 is 19.8 Å². The lowest BCUT2D eigenvalue weighted by Crippen LogP contribution is -2.42. The highest BCUT2D eigenvalue weighted by Crippen LogP contribution is 2.22. The zero-order chi connectivity index (χ0) is 20.5. The maximum atomic E-state index is 12.2. The van der Waals surface area contributed by atoms with Gasteiger partial charge in [-0.15, -0.1) is 0 Å². The summed E-state index contributed by atoms with van der Waals surface area (Å²) in [6.45, 7) is 5.81. The van der Waals surface area contributed by atoms with E-state index in [9.17, 15) is 4.79 Å². The molecule has 0 spiro atoms. The number of aliphatic hydroxyl groups is 1. The maximum Gasteiger partial charge on any atom is 0.251 e. The maximum absolute atomic E-state index is 12.2. The van der Waals surface area contributed by atoms with Crippen LogP contribution in [0.15, 0.2) is 23.4 Å². The van der Waals surface area contributed by atoms with E-state index in [1.165, 1.54) is 0 Å². The molecule has 8 nitrogen and oxygen atoms in total. The Labute approximate surface area is 166 Å². The number of piperidine rings is 1. The Bertz CT molecular complexity index is 672. The van der Waals surface area contributed by atoms with E-state index >= 15 is 0 Å². The molecule has 0 aliphatic carbocycles. The molecule has 1 saturated heterocycles. The van der Waals surface area contributed by atoms with E-state index in [-0.39, 0.29) is 24.5 Å². The number of carbonyl (C=O) groups excluding carboxylic acids is 1. The zero-order valence-electron chi connectivity index (χ0n) is 16.7. The lowest BCUT2D eigenvalue weighted by atomic mass is 9.92. The summed E-state index contributed by atoms with van der Waals surface area (Å²) in [7, 11) is 0. The molecule has 0 radical (unpaired) electrons. The molecule has 1 aromatic rings. The molecule has 1 fully saturated rings. The van der Waals surface area contributed by atoms with Gasteiger partial charge in [0.1, 0.15) is 5.75 Å². The fraction of sp³-hybridized carbons (Fsp3) is 0.600. The third kappa shape index (κ3) is 6.30. The van der Waals surface area contributed by atoms with Gasteiger partial charge in [0.2, 0.25) is 5.96 Å². The molecule has 28 heavy (non-hydrogen) atoms. The predicted octanol–water partition coefficient (Wildman–Crippen LogP) is 1.68. The van der Waals surface area contributed by atoms with E-state index in [0.717, 1.165) is 50.1 Å². The molecule has 0 aromatic heterocycles. The van der Waals surface area contributed by atoms with Gasteiger partial charge in [-0.2, -0.15) is 0 Å². The molecule has 1 heterocycles. The zero-order valence-corrected chi connectivity index (χ0v) is 16.7. The van der Waals surface area contributed by atoms with Crippen LogP contribution >= 0.6 is 0 Å². The normalized spacial score (nSPS) is 16.7. The lowest BCUT2D eigenvalue weighted by Gasteiger charge is -2.32. The Morgan fingerprint density at radius 1 is 1.43 bits per heavy atom. The Morgan fingerprint density at radius 3 is 2.75 bits per heavy atom. The lowest BCUT2D eigenvalue weighted by molar-refractivity contribution is 0.0921. The number of nitrogens with zero attached hydrogens (tertiary/aromatic N) is 2. The van der Waals surface area contributed by atoms with Crippen LogP contribution < -0.4 is 15.8 Å². The van der Waals surface area contributed by atoms with Crippen molar-refractivity contribution in [3.05, 3.63) is 29.3 Å². The average molecular weight is 393 g/mol. The molecule has 0 saturated carbocycles. The number of aryl methyl sites for hydroxylation is 1. The van der Waals surface area contributed by atoms with Crippen LogP contribution in [0.3, 0.4) is 0 Å². The van der Waals surface area contributed by atoms with Gasteiger partial charge >= 0.3 is 0 Å². The van der Waals surface area contributed by atoms with E-state index in [1.807, 2.05) is 17.9 Å². The first-order valence-electron chi connectivity index (χ1n) is 9.82. The van der Waals surface area contributed by atoms with Gasteiger partial charge in [-0.1, -0.05) is 5.16 Å². The Hall–Kier alpha value is -2.48. The van der Waals surface area contributed by atoms with Crippen molar-refractivity contribution in [1.82, 2.24) is 10.2 Å². The van der Waals surface area contributed by atoms with Crippen molar-refractivity contribution in [2.45, 2.75) is 45.6 Å². The molecule has 1 unspecified atom stereocenters. The van der Waals surface area contributed by atoms with Crippen molar-refractivity contribution in [3.63, 3.8) is 0 Å². The number of hydrogen-bond acceptors (Lipinski definition) is 5. The molecule has 0 bridgehead atoms. The molecule has 1 aliphatic rings. The number of carbonyl (C=O) groups is 1. The van der Waals surface area contributed by atoms with E-state index in [1.54, 1.807) is 19.1 Å². The quantitative estimate of drug-likeness (QED) is 0.176. The first-order valence-corrected chi connectivity index (χ1v) is 9.82. The monoisotopic (exact) mass is 392 g/mol. The third-order valence-corrected chi connectivity index (χ3v) is 5.16. The summed E-state index contributed by atoms with van der Waals surface area (Å²) in [4.78, 5) is 14.1. The Balaban J connectivity index is 1.72. The van der Waals surface area contributed by atoms with E-state index in [4.69, 9.17) is 20.8 Å². The van der Waals surface area contributed by atoms with Gasteiger partial charge in [0.15, 0.2) is 0 Å². The summed E-state index contributed by atoms with van der Waals surface area (Å²) < 4.78 is 5.84.